The molecule has 1 aliphatic carbocycles. The number of nitrogens with zero attached hydrogens (tertiary/aromatic N) is 1. The van der Waals surface area contributed by atoms with E-state index >= 15 is 0 Å². The first kappa shape index (κ1) is 11.1. The monoisotopic (exact) mass is 241 g/mol. The number of carboxylic acid groups (broad SMARTS) is 1. The zero-order chi connectivity index (χ0) is 11.9. The van der Waals surface area contributed by atoms with E-state index in [-0.39, 0.29) is 16.5 Å². The lowest BCUT2D eigenvalue weighted by molar-refractivity contribution is 0.0690. The van der Waals surface area contributed by atoms with Gasteiger partial charge in [-0.3, -0.25) is 0 Å². The van der Waals surface area contributed by atoms with E-state index in [1.165, 1.54) is 6.07 Å². The minimum atomic E-state index is -3.39. The average molecular weight is 241 g/mol. The number of hydrogen-bond donors (Lipinski definition) is 1. The molecule has 0 aliphatic heterocycles. The van der Waals surface area contributed by atoms with Gasteiger partial charge in [-0.05, 0) is 25.0 Å². The smallest absolute Gasteiger partial charge is 0.354 e. The number of pyridine rings is 1. The Balaban J connectivity index is 2.57. The van der Waals surface area contributed by atoms with Crippen molar-refractivity contribution in [2.45, 2.75) is 23.7 Å². The van der Waals surface area contributed by atoms with Gasteiger partial charge < -0.3 is 5.11 Å². The van der Waals surface area contributed by atoms with E-state index in [1.54, 1.807) is 0 Å². The Hall–Kier alpha value is -1.43. The molecule has 0 bridgehead atoms. The normalized spacial score (nSPS) is 16.1. The van der Waals surface area contributed by atoms with Crippen LogP contribution in [-0.2, 0) is 9.84 Å². The van der Waals surface area contributed by atoms with Crippen LogP contribution in [0.25, 0.3) is 0 Å². The third kappa shape index (κ3) is 2.21. The maximum absolute atomic E-state index is 11.4. The van der Waals surface area contributed by atoms with Crippen LogP contribution in [0.2, 0.25) is 0 Å². The molecule has 16 heavy (non-hydrogen) atoms. The molecular weight excluding hydrogens is 230 g/mol. The first-order chi connectivity index (χ1) is 7.38. The number of aromatic nitrogens is 1. The highest BCUT2D eigenvalue weighted by Crippen LogP contribution is 2.39. The van der Waals surface area contributed by atoms with Crippen molar-refractivity contribution in [3.63, 3.8) is 0 Å². The Morgan fingerprint density at radius 2 is 2.06 bits per heavy atom. The van der Waals surface area contributed by atoms with E-state index in [9.17, 15) is 13.2 Å². The summed E-state index contributed by atoms with van der Waals surface area (Å²) in [6.07, 6.45) is 2.95. The van der Waals surface area contributed by atoms with Crippen LogP contribution >= 0.6 is 0 Å². The molecule has 1 aromatic heterocycles. The molecule has 1 aliphatic rings. The van der Waals surface area contributed by atoms with Gasteiger partial charge in [-0.1, -0.05) is 0 Å². The fraction of sp³-hybridized carbons (Fsp3) is 0.400. The van der Waals surface area contributed by atoms with Gasteiger partial charge in [0.1, 0.15) is 5.69 Å². The van der Waals surface area contributed by atoms with Crippen molar-refractivity contribution in [3.8, 4) is 0 Å². The Morgan fingerprint density at radius 1 is 1.44 bits per heavy atom. The molecule has 1 aromatic rings. The van der Waals surface area contributed by atoms with E-state index in [4.69, 9.17) is 5.11 Å². The Kier molecular flexibility index (Phi) is 2.46. The molecule has 0 unspecified atom stereocenters. The second-order valence-corrected chi connectivity index (χ2v) is 5.98. The number of sulfone groups is 1. The molecule has 86 valence electrons. The number of aromatic carboxylic acids is 1. The van der Waals surface area contributed by atoms with Gasteiger partial charge >= 0.3 is 5.97 Å². The van der Waals surface area contributed by atoms with Crippen LogP contribution in [0.15, 0.2) is 17.0 Å². The predicted octanol–water partition coefficient (Wildman–Crippen LogP) is 1.06. The first-order valence-corrected chi connectivity index (χ1v) is 6.72. The first-order valence-electron chi connectivity index (χ1n) is 4.83. The largest absolute Gasteiger partial charge is 0.477 e. The highest BCUT2D eigenvalue weighted by molar-refractivity contribution is 7.90. The summed E-state index contributed by atoms with van der Waals surface area (Å²) in [7, 11) is -3.39. The van der Waals surface area contributed by atoms with Crippen molar-refractivity contribution in [1.29, 1.82) is 0 Å². The summed E-state index contributed by atoms with van der Waals surface area (Å²) >= 11 is 0. The van der Waals surface area contributed by atoms with Gasteiger partial charge in [0.05, 0.1) is 4.90 Å². The maximum Gasteiger partial charge on any atom is 0.354 e. The second-order valence-electron chi connectivity index (χ2n) is 3.96. The summed E-state index contributed by atoms with van der Waals surface area (Å²) in [5, 5.41) is 8.84. The van der Waals surface area contributed by atoms with Crippen molar-refractivity contribution in [2.24, 2.45) is 0 Å². The van der Waals surface area contributed by atoms with Gasteiger partial charge in [-0.15, -0.1) is 0 Å². The zero-order valence-corrected chi connectivity index (χ0v) is 9.49. The van der Waals surface area contributed by atoms with Crippen molar-refractivity contribution in [3.05, 3.63) is 23.5 Å². The third-order valence-electron chi connectivity index (χ3n) is 2.46. The minimum absolute atomic E-state index is 0.0294. The molecular formula is C10H11NO4S. The molecule has 0 radical (unpaired) electrons. The van der Waals surface area contributed by atoms with E-state index in [0.717, 1.165) is 25.2 Å². The lowest BCUT2D eigenvalue weighted by Crippen LogP contribution is -2.07. The maximum atomic E-state index is 11.4. The lowest BCUT2D eigenvalue weighted by atomic mass is 10.2. The van der Waals surface area contributed by atoms with Crippen molar-refractivity contribution in [1.82, 2.24) is 4.98 Å². The zero-order valence-electron chi connectivity index (χ0n) is 8.67. The molecule has 1 fully saturated rings. The van der Waals surface area contributed by atoms with Crippen LogP contribution < -0.4 is 0 Å². The summed E-state index contributed by atoms with van der Waals surface area (Å²) < 4.78 is 22.8. The van der Waals surface area contributed by atoms with Crippen LogP contribution in [0.4, 0.5) is 0 Å². The van der Waals surface area contributed by atoms with Crippen LogP contribution in [0.3, 0.4) is 0 Å². The van der Waals surface area contributed by atoms with Crippen LogP contribution in [0, 0.1) is 0 Å². The number of carbonyl (C=O) groups is 1. The summed E-state index contributed by atoms with van der Waals surface area (Å²) in [4.78, 5) is 14.8. The molecule has 0 atom stereocenters. The molecule has 0 amide bonds. The van der Waals surface area contributed by atoms with Gasteiger partial charge in [0, 0.05) is 17.9 Å². The SMILES string of the molecule is CS(=O)(=O)c1cc(C(=O)O)nc(C2CC2)c1. The standard InChI is InChI=1S/C10H11NO4S/c1-16(14,15)7-4-8(6-2-3-6)11-9(5-7)10(12)13/h4-6H,2-3H2,1H3,(H,12,13). The van der Waals surface area contributed by atoms with Gasteiger partial charge in [-0.25, -0.2) is 18.2 Å². The topological polar surface area (TPSA) is 84.3 Å². The molecule has 0 spiro atoms. The van der Waals surface area contributed by atoms with E-state index in [1.807, 2.05) is 0 Å². The third-order valence-corrected chi connectivity index (χ3v) is 3.55. The van der Waals surface area contributed by atoms with E-state index < -0.39 is 15.8 Å². The van der Waals surface area contributed by atoms with E-state index in [0.29, 0.717) is 5.69 Å². The average Bonchev–Trinajstić information content (AvgIpc) is 2.98. The van der Waals surface area contributed by atoms with Gasteiger partial charge in [0.2, 0.25) is 0 Å². The molecule has 0 aromatic carbocycles. The fourth-order valence-electron chi connectivity index (χ4n) is 1.44. The minimum Gasteiger partial charge on any atom is -0.477 e. The number of hydrogen-bond acceptors (Lipinski definition) is 4. The van der Waals surface area contributed by atoms with Crippen LogP contribution in [0.5, 0.6) is 0 Å². The summed E-state index contributed by atoms with van der Waals surface area (Å²) in [5.74, 6) is -0.979. The van der Waals surface area contributed by atoms with Gasteiger partial charge in [-0.2, -0.15) is 0 Å². The lowest BCUT2D eigenvalue weighted by Gasteiger charge is -2.04. The summed E-state index contributed by atoms with van der Waals surface area (Å²) in [5.41, 5.74) is 0.366. The Bertz CT molecular complexity index is 546. The molecule has 2 rings (SSSR count). The number of rotatable bonds is 3. The highest BCUT2D eigenvalue weighted by Gasteiger charge is 2.27. The number of carboxylic acids is 1. The summed E-state index contributed by atoms with van der Waals surface area (Å²) in [6, 6.07) is 2.57. The van der Waals surface area contributed by atoms with Crippen LogP contribution in [-0.4, -0.2) is 30.7 Å². The molecule has 1 heterocycles. The molecule has 1 N–H and O–H groups in total. The highest BCUT2D eigenvalue weighted by atomic mass is 32.2. The Labute approximate surface area is 93.1 Å². The predicted molar refractivity (Wildman–Crippen MR) is 56.3 cm³/mol. The van der Waals surface area contributed by atoms with Gasteiger partial charge in [0.25, 0.3) is 0 Å². The van der Waals surface area contributed by atoms with Crippen molar-refractivity contribution in [2.75, 3.05) is 6.26 Å². The Morgan fingerprint density at radius 3 is 2.50 bits per heavy atom. The van der Waals surface area contributed by atoms with E-state index in [2.05, 4.69) is 4.98 Å². The second kappa shape index (κ2) is 3.55. The van der Waals surface area contributed by atoms with Crippen molar-refractivity contribution < 1.29 is 18.3 Å². The van der Waals surface area contributed by atoms with Crippen molar-refractivity contribution >= 4 is 15.8 Å². The summed E-state index contributed by atoms with van der Waals surface area (Å²) in [6.45, 7) is 0. The fourth-order valence-corrected chi connectivity index (χ4v) is 2.10. The van der Waals surface area contributed by atoms with Gasteiger partial charge in [0.15, 0.2) is 9.84 Å². The van der Waals surface area contributed by atoms with Crippen LogP contribution in [0.1, 0.15) is 34.9 Å². The molecule has 1 saturated carbocycles. The quantitative estimate of drug-likeness (QED) is 0.855. The molecule has 6 heteroatoms. The molecule has 5 nitrogen and oxygen atoms in total. The molecule has 0 saturated heterocycles.